The predicted molar refractivity (Wildman–Crippen MR) is 290 cm³/mol. The molecule has 12 unspecified atom stereocenters. The van der Waals surface area contributed by atoms with Gasteiger partial charge >= 0.3 is 0 Å². The molecule has 2 saturated heterocycles. The Hall–Kier alpha value is -2.83. The molecule has 0 aromatic rings. The van der Waals surface area contributed by atoms with Crippen LogP contribution in [-0.4, -0.2) is 140 Å². The smallest absolute Gasteiger partial charge is 0.220 e. The Morgan fingerprint density at radius 3 is 1.44 bits per heavy atom. The summed E-state index contributed by atoms with van der Waals surface area (Å²) in [5.41, 5.74) is 0. The van der Waals surface area contributed by atoms with Crippen LogP contribution in [0.4, 0.5) is 0 Å². The van der Waals surface area contributed by atoms with Crippen LogP contribution in [0.1, 0.15) is 187 Å². The summed E-state index contributed by atoms with van der Waals surface area (Å²) in [5.74, 6) is -0.242. The monoisotopic (exact) mass is 1030 g/mol. The van der Waals surface area contributed by atoms with Crippen molar-refractivity contribution in [2.45, 2.75) is 261 Å². The number of aliphatic hydroxyl groups is 8. The number of carbonyl (C=O) groups is 1. The first-order chi connectivity index (χ1) is 35.6. The van der Waals surface area contributed by atoms with Crippen molar-refractivity contribution >= 4 is 5.91 Å². The highest BCUT2D eigenvalue weighted by molar-refractivity contribution is 5.76. The highest BCUT2D eigenvalue weighted by Crippen LogP contribution is 2.30. The number of hydrogen-bond donors (Lipinski definition) is 9. The molecule has 0 radical (unpaired) electrons. The highest BCUT2D eigenvalue weighted by Gasteiger charge is 2.51. The van der Waals surface area contributed by atoms with E-state index in [2.05, 4.69) is 104 Å². The molecule has 2 heterocycles. The van der Waals surface area contributed by atoms with Gasteiger partial charge in [0.05, 0.1) is 32.0 Å². The summed E-state index contributed by atoms with van der Waals surface area (Å²) >= 11 is 0. The van der Waals surface area contributed by atoms with Crippen molar-refractivity contribution in [3.63, 3.8) is 0 Å². The molecule has 2 rings (SSSR count). The third kappa shape index (κ3) is 30.5. The molecular formula is C59H101NO13. The van der Waals surface area contributed by atoms with Crippen molar-refractivity contribution in [2.24, 2.45) is 0 Å². The maximum atomic E-state index is 13.2. The fourth-order valence-corrected chi connectivity index (χ4v) is 8.80. The van der Waals surface area contributed by atoms with Gasteiger partial charge in [0, 0.05) is 6.42 Å². The molecule has 0 saturated carbocycles. The number of carbonyl (C=O) groups excluding carboxylic acids is 1. The van der Waals surface area contributed by atoms with Crippen LogP contribution in [-0.2, 0) is 23.7 Å². The third-order valence-corrected chi connectivity index (χ3v) is 13.4. The molecule has 2 aliphatic heterocycles. The van der Waals surface area contributed by atoms with Crippen LogP contribution in [0.25, 0.3) is 0 Å². The van der Waals surface area contributed by atoms with Crippen LogP contribution in [0, 0.1) is 0 Å². The van der Waals surface area contributed by atoms with E-state index >= 15 is 0 Å². The van der Waals surface area contributed by atoms with E-state index in [0.717, 1.165) is 89.9 Å². The number of hydrogen-bond acceptors (Lipinski definition) is 13. The molecule has 9 N–H and O–H groups in total. The zero-order chi connectivity index (χ0) is 53.2. The minimum absolute atomic E-state index is 0.242. The van der Waals surface area contributed by atoms with Gasteiger partial charge in [-0.15, -0.1) is 0 Å². The number of nitrogens with one attached hydrogen (secondary N) is 1. The van der Waals surface area contributed by atoms with Gasteiger partial charge in [-0.3, -0.25) is 4.79 Å². The number of aliphatic hydroxyl groups excluding tert-OH is 8. The molecule has 1 amide bonds. The minimum Gasteiger partial charge on any atom is -0.394 e. The Kier molecular flexibility index (Phi) is 40.2. The minimum atomic E-state index is -1.79. The Morgan fingerprint density at radius 2 is 0.945 bits per heavy atom. The largest absolute Gasteiger partial charge is 0.394 e. The summed E-state index contributed by atoms with van der Waals surface area (Å²) in [5, 5.41) is 87.1. The van der Waals surface area contributed by atoms with E-state index in [4.69, 9.17) is 18.9 Å². The molecule has 2 aliphatic rings. The first kappa shape index (κ1) is 66.3. The van der Waals surface area contributed by atoms with Crippen molar-refractivity contribution in [3.05, 3.63) is 85.1 Å². The summed E-state index contributed by atoms with van der Waals surface area (Å²) < 4.78 is 22.8. The van der Waals surface area contributed by atoms with Crippen LogP contribution in [0.5, 0.6) is 0 Å². The van der Waals surface area contributed by atoms with E-state index in [1.807, 2.05) is 0 Å². The molecule has 12 atom stereocenters. The molecule has 0 spiro atoms. The summed E-state index contributed by atoms with van der Waals surface area (Å²) in [6.07, 6.45) is 41.5. The summed E-state index contributed by atoms with van der Waals surface area (Å²) in [4.78, 5) is 13.2. The normalized spacial score (nSPS) is 26.1. The Labute approximate surface area is 440 Å². The molecule has 0 aromatic carbocycles. The number of allylic oxidation sites excluding steroid dienone is 14. The van der Waals surface area contributed by atoms with Gasteiger partial charge in [0.1, 0.15) is 48.8 Å². The second-order valence-corrected chi connectivity index (χ2v) is 19.7. The van der Waals surface area contributed by atoms with E-state index in [-0.39, 0.29) is 18.9 Å². The van der Waals surface area contributed by atoms with E-state index in [9.17, 15) is 45.6 Å². The fraction of sp³-hybridized carbons (Fsp3) is 0.746. The SMILES string of the molecule is CC/C=C\C/C=C\C/C=C\C/C=C\C/C=C\C/C=C\C/C=C\CCCCCC(=O)NC(COC1OC(CO)C(OC2OC(CO)C(O)C(O)C2O)C(O)C1O)C(O)CCCCCCCCCCCCCCCC. The van der Waals surface area contributed by atoms with Crippen LogP contribution in [0.2, 0.25) is 0 Å². The lowest BCUT2D eigenvalue weighted by Crippen LogP contribution is -2.65. The Bertz CT molecular complexity index is 1550. The van der Waals surface area contributed by atoms with Gasteiger partial charge in [0.25, 0.3) is 0 Å². The molecule has 73 heavy (non-hydrogen) atoms. The van der Waals surface area contributed by atoms with E-state index < -0.39 is 86.8 Å². The zero-order valence-electron chi connectivity index (χ0n) is 44.8. The van der Waals surface area contributed by atoms with E-state index in [0.29, 0.717) is 12.8 Å². The lowest BCUT2D eigenvalue weighted by molar-refractivity contribution is -0.359. The maximum absolute atomic E-state index is 13.2. The van der Waals surface area contributed by atoms with Gasteiger partial charge in [-0.2, -0.15) is 0 Å². The van der Waals surface area contributed by atoms with Crippen molar-refractivity contribution < 1.29 is 64.6 Å². The molecule has 2 fully saturated rings. The topological polar surface area (TPSA) is 228 Å². The third-order valence-electron chi connectivity index (χ3n) is 13.4. The predicted octanol–water partition coefficient (Wildman–Crippen LogP) is 8.94. The number of unbranched alkanes of at least 4 members (excludes halogenated alkanes) is 16. The molecule has 0 bridgehead atoms. The average Bonchev–Trinajstić information content (AvgIpc) is 3.39. The molecule has 0 aromatic heterocycles. The summed E-state index contributed by atoms with van der Waals surface area (Å²) in [7, 11) is 0. The first-order valence-electron chi connectivity index (χ1n) is 28.3. The number of amides is 1. The Balaban J connectivity index is 1.79. The van der Waals surface area contributed by atoms with Gasteiger partial charge in [-0.1, -0.05) is 195 Å². The van der Waals surface area contributed by atoms with Gasteiger partial charge in [-0.25, -0.2) is 0 Å². The Morgan fingerprint density at radius 1 is 0.507 bits per heavy atom. The summed E-state index contributed by atoms with van der Waals surface area (Å²) in [6, 6.07) is -0.852. The number of ether oxygens (including phenoxy) is 4. The van der Waals surface area contributed by atoms with E-state index in [1.165, 1.54) is 64.2 Å². The molecular weight excluding hydrogens is 931 g/mol. The lowest BCUT2D eigenvalue weighted by Gasteiger charge is -2.46. The lowest BCUT2D eigenvalue weighted by atomic mass is 9.97. The molecule has 420 valence electrons. The van der Waals surface area contributed by atoms with Crippen molar-refractivity contribution in [2.75, 3.05) is 19.8 Å². The quantitative estimate of drug-likeness (QED) is 0.0206. The van der Waals surface area contributed by atoms with Crippen LogP contribution >= 0.6 is 0 Å². The van der Waals surface area contributed by atoms with Crippen molar-refractivity contribution in [3.8, 4) is 0 Å². The summed E-state index contributed by atoms with van der Waals surface area (Å²) in [6.45, 7) is 2.70. The average molecular weight is 1030 g/mol. The standard InChI is InChI=1S/C59H101NO13/c1-3-5-7-9-11-13-15-17-19-20-21-22-23-24-25-26-27-28-29-31-33-35-37-39-41-43-51(64)60-47(48(63)42-40-38-36-34-32-30-18-16-14-12-10-8-6-4-2)46-70-58-56(69)54(67)57(50(45-62)72-58)73-59-55(68)53(66)52(65)49(44-61)71-59/h5,7,11,13,17,19,21-22,24-25,27-28,31,33,47-50,52-59,61-63,65-69H,3-4,6,8-10,12,14-16,18,20,23,26,29-30,32,34-46H2,1-2H3,(H,60,64)/b7-5-,13-11-,19-17-,22-21-,25-24-,28-27-,33-31-. The number of rotatable bonds is 43. The zero-order valence-corrected chi connectivity index (χ0v) is 44.8. The van der Waals surface area contributed by atoms with Gasteiger partial charge in [-0.05, 0) is 70.6 Å². The maximum Gasteiger partial charge on any atom is 0.220 e. The fourth-order valence-electron chi connectivity index (χ4n) is 8.80. The molecule has 0 aliphatic carbocycles. The van der Waals surface area contributed by atoms with Crippen LogP contribution in [0.3, 0.4) is 0 Å². The molecule has 14 heteroatoms. The second kappa shape index (κ2) is 44.3. The van der Waals surface area contributed by atoms with Crippen LogP contribution in [0.15, 0.2) is 85.1 Å². The second-order valence-electron chi connectivity index (χ2n) is 19.7. The highest BCUT2D eigenvalue weighted by atomic mass is 16.7. The first-order valence-corrected chi connectivity index (χ1v) is 28.3. The van der Waals surface area contributed by atoms with Gasteiger partial charge in [0.15, 0.2) is 12.6 Å². The van der Waals surface area contributed by atoms with Gasteiger partial charge in [0.2, 0.25) is 5.91 Å². The van der Waals surface area contributed by atoms with Crippen molar-refractivity contribution in [1.82, 2.24) is 5.32 Å². The van der Waals surface area contributed by atoms with E-state index in [1.54, 1.807) is 0 Å². The van der Waals surface area contributed by atoms with Gasteiger partial charge < -0.3 is 65.1 Å². The van der Waals surface area contributed by atoms with Crippen molar-refractivity contribution in [1.29, 1.82) is 0 Å². The molecule has 14 nitrogen and oxygen atoms in total. The van der Waals surface area contributed by atoms with Crippen LogP contribution < -0.4 is 5.32 Å².